The molecule has 0 radical (unpaired) electrons. The summed E-state index contributed by atoms with van der Waals surface area (Å²) in [5.41, 5.74) is 11.3. The molecule has 4 N–H and O–H groups in total. The fourth-order valence-electron chi connectivity index (χ4n) is 2.14. The number of rotatable bonds is 4. The monoisotopic (exact) mass is 200 g/mol. The Labute approximate surface area is 87.2 Å². The number of hydrogen-bond acceptors (Lipinski definition) is 4. The van der Waals surface area contributed by atoms with Crippen LogP contribution in [0, 0.1) is 0 Å². The lowest BCUT2D eigenvalue weighted by atomic mass is 10.1. The number of nitrogens with two attached hydrogens (primary N) is 2. The van der Waals surface area contributed by atoms with Crippen molar-refractivity contribution in [1.82, 2.24) is 9.80 Å². The quantitative estimate of drug-likeness (QED) is 0.630. The Bertz CT molecular complexity index is 160. The Hall–Kier alpha value is -0.160. The minimum absolute atomic E-state index is 0.281. The SMILES string of the molecule is CC(N)CN1CCN(CCN)C(C)C1. The van der Waals surface area contributed by atoms with Crippen LogP contribution in [0.5, 0.6) is 0 Å². The van der Waals surface area contributed by atoms with E-state index >= 15 is 0 Å². The first-order valence-corrected chi connectivity index (χ1v) is 5.55. The summed E-state index contributed by atoms with van der Waals surface area (Å²) in [6.45, 7) is 10.5. The van der Waals surface area contributed by atoms with Gasteiger partial charge in [0.05, 0.1) is 0 Å². The van der Waals surface area contributed by atoms with Crippen LogP contribution in [-0.4, -0.2) is 61.2 Å². The second-order valence-corrected chi connectivity index (χ2v) is 4.41. The topological polar surface area (TPSA) is 58.5 Å². The fraction of sp³-hybridized carbons (Fsp3) is 1.00. The highest BCUT2D eigenvalue weighted by Gasteiger charge is 2.22. The zero-order valence-electron chi connectivity index (χ0n) is 9.45. The molecule has 4 nitrogen and oxygen atoms in total. The van der Waals surface area contributed by atoms with E-state index in [1.807, 2.05) is 0 Å². The summed E-state index contributed by atoms with van der Waals surface area (Å²) in [4.78, 5) is 4.90. The van der Waals surface area contributed by atoms with Gasteiger partial charge in [0.25, 0.3) is 0 Å². The summed E-state index contributed by atoms with van der Waals surface area (Å²) < 4.78 is 0. The smallest absolute Gasteiger partial charge is 0.0195 e. The highest BCUT2D eigenvalue weighted by Crippen LogP contribution is 2.08. The summed E-state index contributed by atoms with van der Waals surface area (Å²) >= 11 is 0. The fourth-order valence-corrected chi connectivity index (χ4v) is 2.14. The van der Waals surface area contributed by atoms with Crippen LogP contribution in [0.25, 0.3) is 0 Å². The summed E-state index contributed by atoms with van der Waals surface area (Å²) in [7, 11) is 0. The standard InChI is InChI=1S/C10H24N4/c1-9(12)7-13-5-6-14(4-3-11)10(2)8-13/h9-10H,3-8,11-12H2,1-2H3. The molecule has 0 aromatic heterocycles. The Kier molecular flexibility index (Phi) is 4.81. The number of nitrogens with zero attached hydrogens (tertiary/aromatic N) is 2. The van der Waals surface area contributed by atoms with Gasteiger partial charge in [0.2, 0.25) is 0 Å². The summed E-state index contributed by atoms with van der Waals surface area (Å²) in [5, 5.41) is 0. The molecule has 1 fully saturated rings. The van der Waals surface area contributed by atoms with Gasteiger partial charge in [-0.2, -0.15) is 0 Å². The molecule has 4 heteroatoms. The van der Waals surface area contributed by atoms with E-state index in [4.69, 9.17) is 11.5 Å². The van der Waals surface area contributed by atoms with Crippen LogP contribution < -0.4 is 11.5 Å². The van der Waals surface area contributed by atoms with Crippen molar-refractivity contribution in [2.75, 3.05) is 39.3 Å². The minimum Gasteiger partial charge on any atom is -0.329 e. The lowest BCUT2D eigenvalue weighted by molar-refractivity contribution is 0.0833. The Morgan fingerprint density at radius 3 is 2.64 bits per heavy atom. The molecule has 2 unspecified atom stereocenters. The molecule has 2 atom stereocenters. The van der Waals surface area contributed by atoms with Crippen LogP contribution in [0.2, 0.25) is 0 Å². The minimum atomic E-state index is 0.281. The molecular weight excluding hydrogens is 176 g/mol. The Morgan fingerprint density at radius 1 is 1.43 bits per heavy atom. The van der Waals surface area contributed by atoms with Crippen molar-refractivity contribution in [3.05, 3.63) is 0 Å². The van der Waals surface area contributed by atoms with E-state index in [2.05, 4.69) is 23.6 Å². The molecule has 1 aliphatic rings. The molecule has 0 aromatic carbocycles. The van der Waals surface area contributed by atoms with E-state index in [1.165, 1.54) is 0 Å². The van der Waals surface area contributed by atoms with Crippen molar-refractivity contribution in [3.8, 4) is 0 Å². The van der Waals surface area contributed by atoms with E-state index in [0.717, 1.165) is 39.3 Å². The molecular formula is C10H24N4. The molecule has 0 amide bonds. The predicted molar refractivity (Wildman–Crippen MR) is 60.2 cm³/mol. The molecule has 0 aliphatic carbocycles. The normalized spacial score (nSPS) is 27.9. The lowest BCUT2D eigenvalue weighted by Gasteiger charge is -2.40. The molecule has 1 saturated heterocycles. The van der Waals surface area contributed by atoms with E-state index in [9.17, 15) is 0 Å². The Morgan fingerprint density at radius 2 is 2.14 bits per heavy atom. The van der Waals surface area contributed by atoms with Gasteiger partial charge in [-0.3, -0.25) is 9.80 Å². The number of hydrogen-bond donors (Lipinski definition) is 2. The van der Waals surface area contributed by atoms with E-state index < -0.39 is 0 Å². The van der Waals surface area contributed by atoms with Gasteiger partial charge >= 0.3 is 0 Å². The molecule has 0 spiro atoms. The molecule has 0 bridgehead atoms. The number of piperazine rings is 1. The van der Waals surface area contributed by atoms with Gasteiger partial charge in [-0.25, -0.2) is 0 Å². The average Bonchev–Trinajstić information content (AvgIpc) is 2.09. The van der Waals surface area contributed by atoms with Crippen molar-refractivity contribution in [1.29, 1.82) is 0 Å². The molecule has 0 aromatic rings. The third-order valence-corrected chi connectivity index (χ3v) is 2.81. The van der Waals surface area contributed by atoms with Crippen molar-refractivity contribution in [3.63, 3.8) is 0 Å². The van der Waals surface area contributed by atoms with Crippen LogP contribution in [0.4, 0.5) is 0 Å². The van der Waals surface area contributed by atoms with Crippen molar-refractivity contribution in [2.24, 2.45) is 11.5 Å². The van der Waals surface area contributed by atoms with Gasteiger partial charge < -0.3 is 11.5 Å². The van der Waals surface area contributed by atoms with Crippen LogP contribution in [0.15, 0.2) is 0 Å². The van der Waals surface area contributed by atoms with Crippen LogP contribution in [-0.2, 0) is 0 Å². The molecule has 1 aliphatic heterocycles. The molecule has 1 rings (SSSR count). The van der Waals surface area contributed by atoms with Gasteiger partial charge in [-0.05, 0) is 13.8 Å². The van der Waals surface area contributed by atoms with Crippen LogP contribution in [0.3, 0.4) is 0 Å². The maximum Gasteiger partial charge on any atom is 0.0195 e. The van der Waals surface area contributed by atoms with Gasteiger partial charge in [0.1, 0.15) is 0 Å². The second kappa shape index (κ2) is 5.66. The van der Waals surface area contributed by atoms with Crippen molar-refractivity contribution < 1.29 is 0 Å². The first kappa shape index (κ1) is 11.9. The van der Waals surface area contributed by atoms with E-state index in [1.54, 1.807) is 0 Å². The summed E-state index contributed by atoms with van der Waals surface area (Å²) in [6.07, 6.45) is 0. The van der Waals surface area contributed by atoms with Crippen molar-refractivity contribution >= 4 is 0 Å². The second-order valence-electron chi connectivity index (χ2n) is 4.41. The molecule has 1 heterocycles. The van der Waals surface area contributed by atoms with Gasteiger partial charge in [-0.15, -0.1) is 0 Å². The van der Waals surface area contributed by atoms with Crippen LogP contribution >= 0.6 is 0 Å². The largest absolute Gasteiger partial charge is 0.329 e. The van der Waals surface area contributed by atoms with Gasteiger partial charge in [-0.1, -0.05) is 0 Å². The Balaban J connectivity index is 2.31. The zero-order chi connectivity index (χ0) is 10.6. The summed E-state index contributed by atoms with van der Waals surface area (Å²) in [6, 6.07) is 0.898. The van der Waals surface area contributed by atoms with Crippen molar-refractivity contribution in [2.45, 2.75) is 25.9 Å². The highest BCUT2D eigenvalue weighted by atomic mass is 15.3. The maximum absolute atomic E-state index is 5.79. The maximum atomic E-state index is 5.79. The first-order valence-electron chi connectivity index (χ1n) is 5.55. The van der Waals surface area contributed by atoms with Crippen LogP contribution in [0.1, 0.15) is 13.8 Å². The first-order chi connectivity index (χ1) is 6.63. The van der Waals surface area contributed by atoms with E-state index in [0.29, 0.717) is 6.04 Å². The summed E-state index contributed by atoms with van der Waals surface area (Å²) in [5.74, 6) is 0. The highest BCUT2D eigenvalue weighted by molar-refractivity contribution is 4.80. The average molecular weight is 200 g/mol. The van der Waals surface area contributed by atoms with Gasteiger partial charge in [0, 0.05) is 51.4 Å². The third kappa shape index (κ3) is 3.53. The molecule has 14 heavy (non-hydrogen) atoms. The molecule has 0 saturated carbocycles. The lowest BCUT2D eigenvalue weighted by Crippen LogP contribution is -2.54. The van der Waals surface area contributed by atoms with E-state index in [-0.39, 0.29) is 6.04 Å². The third-order valence-electron chi connectivity index (χ3n) is 2.81. The predicted octanol–water partition coefficient (Wildman–Crippen LogP) is -0.702. The molecule has 84 valence electrons. The van der Waals surface area contributed by atoms with Gasteiger partial charge in [0.15, 0.2) is 0 Å². The zero-order valence-corrected chi connectivity index (χ0v) is 9.45.